The summed E-state index contributed by atoms with van der Waals surface area (Å²) in [7, 11) is 0. The molecule has 1 aliphatic heterocycles. The Morgan fingerprint density at radius 1 is 1.21 bits per heavy atom. The van der Waals surface area contributed by atoms with Gasteiger partial charge in [-0.2, -0.15) is 5.26 Å². The molecule has 1 unspecified atom stereocenters. The van der Waals surface area contributed by atoms with Gasteiger partial charge in [0.25, 0.3) is 0 Å². The highest BCUT2D eigenvalue weighted by Gasteiger charge is 2.19. The first kappa shape index (κ1) is 23.6. The summed E-state index contributed by atoms with van der Waals surface area (Å²) < 4.78 is 5.98. The summed E-state index contributed by atoms with van der Waals surface area (Å²) in [6, 6.07) is 20.2. The zero-order valence-corrected chi connectivity index (χ0v) is 19.9. The molecule has 0 saturated heterocycles. The Balaban J connectivity index is 1.34. The number of nitrogens with zero attached hydrogens (tertiary/aromatic N) is 2. The first-order valence-electron chi connectivity index (χ1n) is 11.2. The highest BCUT2D eigenvalue weighted by Crippen LogP contribution is 2.28. The fraction of sp³-hybridized carbons (Fsp3) is 0.286. The minimum Gasteiger partial charge on any atom is -0.489 e. The van der Waals surface area contributed by atoms with Crippen LogP contribution in [0.15, 0.2) is 54.6 Å². The minimum atomic E-state index is -0.861. The van der Waals surface area contributed by atoms with Crippen LogP contribution in [-0.4, -0.2) is 22.5 Å². The first-order chi connectivity index (χ1) is 16.5. The van der Waals surface area contributed by atoms with Crippen LogP contribution in [0.2, 0.25) is 0 Å². The number of hydrogen-bond acceptors (Lipinski definition) is 5. The molecule has 0 radical (unpaired) electrons. The highest BCUT2D eigenvalue weighted by molar-refractivity contribution is 7.12. The monoisotopic (exact) mass is 470 g/mol. The second kappa shape index (κ2) is 11.0. The Bertz CT molecular complexity index is 1260. The van der Waals surface area contributed by atoms with Gasteiger partial charge in [-0.1, -0.05) is 42.3 Å². The van der Waals surface area contributed by atoms with Gasteiger partial charge < -0.3 is 9.84 Å². The van der Waals surface area contributed by atoms with Crippen LogP contribution < -0.4 is 4.74 Å². The maximum absolute atomic E-state index is 11.1. The predicted molar refractivity (Wildman–Crippen MR) is 133 cm³/mol. The fourth-order valence-corrected chi connectivity index (χ4v) is 5.18. The van der Waals surface area contributed by atoms with Crippen molar-refractivity contribution in [3.8, 4) is 23.7 Å². The van der Waals surface area contributed by atoms with Gasteiger partial charge in [-0.3, -0.25) is 9.69 Å². The first-order valence-corrected chi connectivity index (χ1v) is 12.0. The van der Waals surface area contributed by atoms with Crippen LogP contribution in [0.25, 0.3) is 0 Å². The van der Waals surface area contributed by atoms with Crippen LogP contribution in [0.1, 0.15) is 51.3 Å². The molecule has 0 spiro atoms. The van der Waals surface area contributed by atoms with Crippen molar-refractivity contribution in [2.75, 3.05) is 6.54 Å². The number of ether oxygens (including phenoxy) is 1. The largest absolute Gasteiger partial charge is 0.489 e. The maximum atomic E-state index is 11.1. The number of carboxylic acid groups (broad SMARTS) is 1. The zero-order valence-electron chi connectivity index (χ0n) is 19.1. The lowest BCUT2D eigenvalue weighted by Crippen LogP contribution is -2.29. The van der Waals surface area contributed by atoms with Gasteiger partial charge in [0.2, 0.25) is 0 Å². The molecule has 1 aromatic heterocycles. The van der Waals surface area contributed by atoms with Gasteiger partial charge in [-0.05, 0) is 53.8 Å². The number of fused-ring (bicyclic) bond motifs is 1. The minimum absolute atomic E-state index is 0.0158. The van der Waals surface area contributed by atoms with E-state index in [0.717, 1.165) is 47.8 Å². The van der Waals surface area contributed by atoms with Crippen LogP contribution in [0.3, 0.4) is 0 Å². The van der Waals surface area contributed by atoms with Crippen molar-refractivity contribution in [2.45, 2.75) is 45.4 Å². The van der Waals surface area contributed by atoms with Crippen molar-refractivity contribution in [3.63, 3.8) is 0 Å². The number of nitriles is 1. The summed E-state index contributed by atoms with van der Waals surface area (Å²) in [4.78, 5) is 15.7. The summed E-state index contributed by atoms with van der Waals surface area (Å²) in [5.74, 6) is 5.34. The molecule has 1 N–H and O–H groups in total. The maximum Gasteiger partial charge on any atom is 0.304 e. The molecule has 2 aromatic carbocycles. The lowest BCUT2D eigenvalue weighted by molar-refractivity contribution is -0.137. The normalized spacial score (nSPS) is 13.8. The Morgan fingerprint density at radius 2 is 2.00 bits per heavy atom. The molecule has 0 bridgehead atoms. The number of rotatable bonds is 8. The lowest BCUT2D eigenvalue weighted by atomic mass is 9.96. The van der Waals surface area contributed by atoms with Crippen molar-refractivity contribution >= 4 is 17.3 Å². The van der Waals surface area contributed by atoms with Gasteiger partial charge >= 0.3 is 5.97 Å². The summed E-state index contributed by atoms with van der Waals surface area (Å²) >= 11 is 1.62. The molecular formula is C28H26N2O3S. The number of carboxylic acids is 1. The topological polar surface area (TPSA) is 73.6 Å². The lowest BCUT2D eigenvalue weighted by Gasteiger charge is -2.26. The summed E-state index contributed by atoms with van der Waals surface area (Å²) in [6.45, 7) is 4.92. The molecule has 172 valence electrons. The van der Waals surface area contributed by atoms with E-state index in [-0.39, 0.29) is 12.3 Å². The van der Waals surface area contributed by atoms with Crippen molar-refractivity contribution in [1.82, 2.24) is 4.90 Å². The van der Waals surface area contributed by atoms with Crippen LogP contribution >= 0.6 is 11.3 Å². The van der Waals surface area contributed by atoms with Crippen molar-refractivity contribution in [3.05, 3.63) is 86.6 Å². The second-order valence-electron chi connectivity index (χ2n) is 8.35. The summed E-state index contributed by atoms with van der Waals surface area (Å²) in [5, 5.41) is 18.3. The van der Waals surface area contributed by atoms with E-state index in [9.17, 15) is 4.79 Å². The second-order valence-corrected chi connectivity index (χ2v) is 9.49. The van der Waals surface area contributed by atoms with Crippen molar-refractivity contribution in [1.29, 1.82) is 5.26 Å². The Hall–Kier alpha value is -3.58. The van der Waals surface area contributed by atoms with Gasteiger partial charge in [-0.25, -0.2) is 0 Å². The number of carbonyl (C=O) groups is 1. The molecule has 1 atom stereocenters. The van der Waals surface area contributed by atoms with E-state index < -0.39 is 5.97 Å². The van der Waals surface area contributed by atoms with Gasteiger partial charge in [-0.15, -0.1) is 17.3 Å². The molecule has 0 saturated carbocycles. The summed E-state index contributed by atoms with van der Waals surface area (Å²) in [6.07, 6.45) is 0.982. The molecule has 0 aliphatic carbocycles. The molecular weight excluding hydrogens is 444 g/mol. The number of aliphatic carboxylic acids is 1. The van der Waals surface area contributed by atoms with Gasteiger partial charge in [0.15, 0.2) is 0 Å². The van der Waals surface area contributed by atoms with E-state index in [1.807, 2.05) is 30.3 Å². The zero-order chi connectivity index (χ0) is 23.9. The quantitative estimate of drug-likeness (QED) is 0.450. The van der Waals surface area contributed by atoms with E-state index in [1.54, 1.807) is 18.3 Å². The Morgan fingerprint density at radius 3 is 2.74 bits per heavy atom. The average Bonchev–Trinajstić information content (AvgIpc) is 3.25. The molecule has 2 heterocycles. The molecule has 1 aliphatic rings. The summed E-state index contributed by atoms with van der Waals surface area (Å²) in [5.41, 5.74) is 4.50. The van der Waals surface area contributed by atoms with E-state index in [4.69, 9.17) is 15.1 Å². The smallest absolute Gasteiger partial charge is 0.304 e. The fourth-order valence-electron chi connectivity index (χ4n) is 4.22. The molecule has 6 heteroatoms. The van der Waals surface area contributed by atoms with Crippen molar-refractivity contribution < 1.29 is 14.6 Å². The average molecular weight is 471 g/mol. The number of hydrogen-bond donors (Lipinski definition) is 1. The SMILES string of the molecule is CC#CC(CC(=O)O)c1ccc(OCc2cccc(CN3CCc4sc(C#N)cc4C3)c2)cc1. The molecule has 3 aromatic rings. The van der Waals surface area contributed by atoms with E-state index >= 15 is 0 Å². The van der Waals surface area contributed by atoms with E-state index in [1.165, 1.54) is 16.0 Å². The Kier molecular flexibility index (Phi) is 7.65. The molecule has 5 nitrogen and oxygen atoms in total. The molecule has 0 amide bonds. The molecule has 34 heavy (non-hydrogen) atoms. The molecule has 4 rings (SSSR count). The van der Waals surface area contributed by atoms with Crippen LogP contribution in [0, 0.1) is 23.2 Å². The van der Waals surface area contributed by atoms with Crippen LogP contribution in [-0.2, 0) is 30.9 Å². The predicted octanol–water partition coefficient (Wildman–Crippen LogP) is 5.34. The third-order valence-corrected chi connectivity index (χ3v) is 6.98. The molecule has 0 fully saturated rings. The third kappa shape index (κ3) is 6.05. The highest BCUT2D eigenvalue weighted by atomic mass is 32.1. The van der Waals surface area contributed by atoms with Crippen LogP contribution in [0.5, 0.6) is 5.75 Å². The van der Waals surface area contributed by atoms with Gasteiger partial charge in [0.05, 0.1) is 12.3 Å². The van der Waals surface area contributed by atoms with E-state index in [0.29, 0.717) is 6.61 Å². The van der Waals surface area contributed by atoms with Crippen LogP contribution in [0.4, 0.5) is 0 Å². The number of benzene rings is 2. The van der Waals surface area contributed by atoms with Gasteiger partial charge in [0, 0.05) is 24.5 Å². The van der Waals surface area contributed by atoms with E-state index in [2.05, 4.69) is 47.1 Å². The Labute approximate surface area is 204 Å². The third-order valence-electron chi connectivity index (χ3n) is 5.84. The standard InChI is InChI=1S/C28H26N2O3S/c1-2-4-23(15-28(31)32)22-7-9-25(10-8-22)33-19-21-6-3-5-20(13-21)17-30-12-11-27-24(18-30)14-26(16-29)34-27/h3,5-10,13-14,23H,11-12,15,17-19H2,1H3,(H,31,32). The van der Waals surface area contributed by atoms with Crippen molar-refractivity contribution in [2.24, 2.45) is 0 Å². The van der Waals surface area contributed by atoms with Gasteiger partial charge in [0.1, 0.15) is 23.3 Å². The number of thiophene rings is 1.